The van der Waals surface area contributed by atoms with Crippen LogP contribution in [-0.2, 0) is 0 Å². The molecule has 2 aromatic rings. The molecule has 0 saturated heterocycles. The molecular weight excluding hydrogens is 253 g/mol. The van der Waals surface area contributed by atoms with E-state index >= 15 is 0 Å². The molecule has 2 rings (SSSR count). The highest BCUT2D eigenvalue weighted by molar-refractivity contribution is 9.10. The van der Waals surface area contributed by atoms with E-state index in [4.69, 9.17) is 11.6 Å². The molecule has 1 aromatic heterocycles. The zero-order valence-electron chi connectivity index (χ0n) is 6.48. The van der Waals surface area contributed by atoms with Crippen molar-refractivity contribution in [1.29, 1.82) is 0 Å². The van der Waals surface area contributed by atoms with Gasteiger partial charge in [0.2, 0.25) is 0 Å². The molecule has 13 heavy (non-hydrogen) atoms. The zero-order valence-corrected chi connectivity index (χ0v) is 8.83. The summed E-state index contributed by atoms with van der Waals surface area (Å²) >= 11 is 9.03. The smallest absolute Gasteiger partial charge is 0.199 e. The molecule has 1 heterocycles. The largest absolute Gasteiger partial charge is 0.209 e. The number of aromatic nitrogens is 3. The minimum absolute atomic E-state index is 0.676. The maximum atomic E-state index is 5.76. The third-order valence-electron chi connectivity index (χ3n) is 1.58. The summed E-state index contributed by atoms with van der Waals surface area (Å²) in [5.41, 5.74) is 0.925. The fourth-order valence-electron chi connectivity index (χ4n) is 0.983. The monoisotopic (exact) mass is 257 g/mol. The van der Waals surface area contributed by atoms with E-state index in [0.717, 1.165) is 5.69 Å². The van der Waals surface area contributed by atoms with Gasteiger partial charge in [-0.25, -0.2) is 9.67 Å². The lowest BCUT2D eigenvalue weighted by Gasteiger charge is -2.00. The summed E-state index contributed by atoms with van der Waals surface area (Å²) in [5.74, 6) is 0. The lowest BCUT2D eigenvalue weighted by atomic mass is 10.3. The highest BCUT2D eigenvalue weighted by atomic mass is 79.9. The van der Waals surface area contributed by atoms with E-state index in [-0.39, 0.29) is 0 Å². The van der Waals surface area contributed by atoms with Gasteiger partial charge in [-0.15, -0.1) is 0 Å². The molecule has 0 bridgehead atoms. The van der Waals surface area contributed by atoms with Gasteiger partial charge in [-0.2, -0.15) is 5.10 Å². The number of nitrogens with zero attached hydrogens (tertiary/aromatic N) is 3. The average molecular weight is 259 g/mol. The second kappa shape index (κ2) is 3.47. The summed E-state index contributed by atoms with van der Waals surface area (Å²) in [4.78, 5) is 3.95. The zero-order chi connectivity index (χ0) is 9.26. The van der Waals surface area contributed by atoms with Gasteiger partial charge < -0.3 is 0 Å². The lowest BCUT2D eigenvalue weighted by Crippen LogP contribution is -1.95. The van der Waals surface area contributed by atoms with Crippen molar-refractivity contribution in [2.24, 2.45) is 0 Å². The van der Waals surface area contributed by atoms with Crippen LogP contribution < -0.4 is 0 Å². The molecule has 1 aromatic carbocycles. The van der Waals surface area contributed by atoms with Crippen LogP contribution in [-0.4, -0.2) is 14.8 Å². The summed E-state index contributed by atoms with van der Waals surface area (Å²) in [5, 5.41) is 4.74. The predicted octanol–water partition coefficient (Wildman–Crippen LogP) is 2.68. The number of halogens is 2. The van der Waals surface area contributed by atoms with E-state index < -0.39 is 0 Å². The van der Waals surface area contributed by atoms with Crippen molar-refractivity contribution < 1.29 is 0 Å². The maximum absolute atomic E-state index is 5.76. The number of benzene rings is 1. The summed E-state index contributed by atoms with van der Waals surface area (Å²) in [6.07, 6.45) is 1.48. The van der Waals surface area contributed by atoms with Crippen LogP contribution in [0.2, 0.25) is 5.02 Å². The van der Waals surface area contributed by atoms with Crippen LogP contribution in [0.4, 0.5) is 0 Å². The quantitative estimate of drug-likeness (QED) is 0.787. The molecule has 0 aliphatic heterocycles. The molecule has 0 N–H and O–H groups in total. The van der Waals surface area contributed by atoms with E-state index in [2.05, 4.69) is 26.0 Å². The van der Waals surface area contributed by atoms with Crippen molar-refractivity contribution in [3.8, 4) is 5.69 Å². The Bertz CT molecular complexity index is 410. The first-order valence-electron chi connectivity index (χ1n) is 3.59. The molecule has 0 aliphatic rings. The molecule has 0 fully saturated rings. The van der Waals surface area contributed by atoms with Gasteiger partial charge >= 0.3 is 0 Å². The maximum Gasteiger partial charge on any atom is 0.199 e. The molecule has 5 heteroatoms. The minimum Gasteiger partial charge on any atom is -0.209 e. The van der Waals surface area contributed by atoms with Crippen LogP contribution in [0.25, 0.3) is 5.69 Å². The number of hydrogen-bond donors (Lipinski definition) is 0. The Kier molecular flexibility index (Phi) is 2.33. The third kappa shape index (κ3) is 1.73. The molecule has 3 nitrogen and oxygen atoms in total. The van der Waals surface area contributed by atoms with Crippen LogP contribution in [0, 0.1) is 0 Å². The topological polar surface area (TPSA) is 30.7 Å². The van der Waals surface area contributed by atoms with Crippen LogP contribution in [0.5, 0.6) is 0 Å². The lowest BCUT2D eigenvalue weighted by molar-refractivity contribution is 0.856. The molecular formula is C8H5BrClN3. The first kappa shape index (κ1) is 8.72. The predicted molar refractivity (Wildman–Crippen MR) is 54.1 cm³/mol. The SMILES string of the molecule is Clc1ccc(-n2ncnc2Br)cc1. The van der Waals surface area contributed by atoms with Gasteiger partial charge in [-0.05, 0) is 40.2 Å². The molecule has 0 radical (unpaired) electrons. The Labute approximate surface area is 88.5 Å². The molecule has 66 valence electrons. The van der Waals surface area contributed by atoms with Crippen LogP contribution in [0.1, 0.15) is 0 Å². The van der Waals surface area contributed by atoms with Crippen LogP contribution in [0.3, 0.4) is 0 Å². The Balaban J connectivity index is 2.47. The summed E-state index contributed by atoms with van der Waals surface area (Å²) < 4.78 is 2.35. The van der Waals surface area contributed by atoms with E-state index in [1.807, 2.05) is 24.3 Å². The summed E-state index contributed by atoms with van der Waals surface area (Å²) in [6.45, 7) is 0. The Morgan fingerprint density at radius 3 is 2.46 bits per heavy atom. The summed E-state index contributed by atoms with van der Waals surface area (Å²) in [6, 6.07) is 7.37. The van der Waals surface area contributed by atoms with Gasteiger partial charge in [0.1, 0.15) is 6.33 Å². The second-order valence-corrected chi connectivity index (χ2v) is 3.56. The van der Waals surface area contributed by atoms with Gasteiger partial charge in [0.05, 0.1) is 5.69 Å². The first-order chi connectivity index (χ1) is 6.27. The van der Waals surface area contributed by atoms with Crippen molar-refractivity contribution >= 4 is 27.5 Å². The van der Waals surface area contributed by atoms with Gasteiger partial charge in [0.25, 0.3) is 0 Å². The summed E-state index contributed by atoms with van der Waals surface area (Å²) in [7, 11) is 0. The van der Waals surface area contributed by atoms with Gasteiger partial charge in [0.15, 0.2) is 4.73 Å². The number of rotatable bonds is 1. The van der Waals surface area contributed by atoms with Gasteiger partial charge in [-0.3, -0.25) is 0 Å². The average Bonchev–Trinajstić information content (AvgIpc) is 2.53. The van der Waals surface area contributed by atoms with Crippen LogP contribution >= 0.6 is 27.5 Å². The molecule has 0 spiro atoms. The van der Waals surface area contributed by atoms with Crippen molar-refractivity contribution in [3.05, 3.63) is 40.3 Å². The minimum atomic E-state index is 0.676. The second-order valence-electron chi connectivity index (χ2n) is 2.42. The van der Waals surface area contributed by atoms with E-state index in [1.165, 1.54) is 6.33 Å². The number of hydrogen-bond acceptors (Lipinski definition) is 2. The van der Waals surface area contributed by atoms with Crippen LogP contribution in [0.15, 0.2) is 35.3 Å². The Morgan fingerprint density at radius 1 is 1.23 bits per heavy atom. The Hall–Kier alpha value is -0.870. The molecule has 0 saturated carbocycles. The van der Waals surface area contributed by atoms with E-state index in [9.17, 15) is 0 Å². The molecule has 0 unspecified atom stereocenters. The standard InChI is InChI=1S/C8H5BrClN3/c9-8-11-5-12-13(8)7-3-1-6(10)2-4-7/h1-5H. The molecule has 0 atom stereocenters. The highest BCUT2D eigenvalue weighted by Crippen LogP contribution is 2.15. The molecule has 0 amide bonds. The molecule has 0 aliphatic carbocycles. The Morgan fingerprint density at radius 2 is 1.92 bits per heavy atom. The normalized spacial score (nSPS) is 10.3. The van der Waals surface area contributed by atoms with Crippen molar-refractivity contribution in [1.82, 2.24) is 14.8 Å². The van der Waals surface area contributed by atoms with Gasteiger partial charge in [0, 0.05) is 5.02 Å². The fourth-order valence-corrected chi connectivity index (χ4v) is 1.50. The third-order valence-corrected chi connectivity index (χ3v) is 2.37. The van der Waals surface area contributed by atoms with E-state index in [0.29, 0.717) is 9.76 Å². The fraction of sp³-hybridized carbons (Fsp3) is 0. The van der Waals surface area contributed by atoms with Crippen molar-refractivity contribution in [2.75, 3.05) is 0 Å². The van der Waals surface area contributed by atoms with E-state index in [1.54, 1.807) is 4.68 Å². The van der Waals surface area contributed by atoms with Crippen molar-refractivity contribution in [3.63, 3.8) is 0 Å². The highest BCUT2D eigenvalue weighted by Gasteiger charge is 2.01. The van der Waals surface area contributed by atoms with Crippen molar-refractivity contribution in [2.45, 2.75) is 0 Å². The van der Waals surface area contributed by atoms with Gasteiger partial charge in [-0.1, -0.05) is 11.6 Å². The first-order valence-corrected chi connectivity index (χ1v) is 4.76.